The zero-order valence-corrected chi connectivity index (χ0v) is 10.0. The van der Waals surface area contributed by atoms with Crippen LogP contribution in [0.3, 0.4) is 0 Å². The standard InChI is InChI=1S/C11H19NO4/c1-11(2,3)8(7-9(13)14)12-5-4-6-16-10(12)15/h8H,4-7H2,1-3H3,(H,13,14). The Hall–Kier alpha value is -1.26. The van der Waals surface area contributed by atoms with Gasteiger partial charge < -0.3 is 14.7 Å². The molecule has 0 aliphatic carbocycles. The molecule has 0 aromatic carbocycles. The van der Waals surface area contributed by atoms with Crippen molar-refractivity contribution in [3.8, 4) is 0 Å². The fourth-order valence-corrected chi connectivity index (χ4v) is 1.90. The Bertz CT molecular complexity index is 282. The number of carbonyl (C=O) groups is 2. The van der Waals surface area contributed by atoms with Crippen LogP contribution in [0, 0.1) is 5.41 Å². The third kappa shape index (κ3) is 3.12. The molecule has 1 saturated heterocycles. The summed E-state index contributed by atoms with van der Waals surface area (Å²) in [6.07, 6.45) is 0.323. The summed E-state index contributed by atoms with van der Waals surface area (Å²) in [6.45, 7) is 6.81. The van der Waals surface area contributed by atoms with Crippen LogP contribution in [0.25, 0.3) is 0 Å². The van der Waals surface area contributed by atoms with E-state index in [1.807, 2.05) is 20.8 Å². The number of aliphatic carboxylic acids is 1. The highest BCUT2D eigenvalue weighted by Gasteiger charge is 2.36. The first kappa shape index (κ1) is 12.8. The van der Waals surface area contributed by atoms with E-state index in [1.165, 1.54) is 4.90 Å². The Balaban J connectivity index is 2.82. The minimum absolute atomic E-state index is 0.0431. The van der Waals surface area contributed by atoms with Crippen molar-refractivity contribution in [2.45, 2.75) is 39.7 Å². The van der Waals surface area contributed by atoms with Gasteiger partial charge in [0, 0.05) is 6.54 Å². The Morgan fingerprint density at radius 2 is 2.19 bits per heavy atom. The van der Waals surface area contributed by atoms with Crippen LogP contribution >= 0.6 is 0 Å². The van der Waals surface area contributed by atoms with Crippen LogP contribution in [0.15, 0.2) is 0 Å². The molecule has 0 bridgehead atoms. The van der Waals surface area contributed by atoms with Gasteiger partial charge in [0.15, 0.2) is 0 Å². The van der Waals surface area contributed by atoms with Crippen molar-refractivity contribution < 1.29 is 19.4 Å². The van der Waals surface area contributed by atoms with E-state index in [0.717, 1.165) is 6.42 Å². The lowest BCUT2D eigenvalue weighted by Crippen LogP contribution is -2.51. The first-order valence-corrected chi connectivity index (χ1v) is 5.47. The Morgan fingerprint density at radius 1 is 1.56 bits per heavy atom. The summed E-state index contributed by atoms with van der Waals surface area (Å²) < 4.78 is 4.94. The van der Waals surface area contributed by atoms with E-state index < -0.39 is 12.1 Å². The first-order chi connectivity index (χ1) is 7.32. The van der Waals surface area contributed by atoms with E-state index >= 15 is 0 Å². The molecule has 1 amide bonds. The molecular weight excluding hydrogens is 210 g/mol. The highest BCUT2D eigenvalue weighted by atomic mass is 16.6. The molecule has 1 fully saturated rings. The highest BCUT2D eigenvalue weighted by molar-refractivity contribution is 5.72. The van der Waals surface area contributed by atoms with Gasteiger partial charge in [-0.3, -0.25) is 4.79 Å². The SMILES string of the molecule is CC(C)(C)C(CC(=O)O)N1CCCOC1=O. The van der Waals surface area contributed by atoms with Crippen molar-refractivity contribution in [2.24, 2.45) is 5.41 Å². The monoisotopic (exact) mass is 229 g/mol. The first-order valence-electron chi connectivity index (χ1n) is 5.47. The summed E-state index contributed by atoms with van der Waals surface area (Å²) in [4.78, 5) is 23.9. The smallest absolute Gasteiger partial charge is 0.410 e. The molecular formula is C11H19NO4. The van der Waals surface area contributed by atoms with Gasteiger partial charge in [0.05, 0.1) is 19.1 Å². The molecule has 1 unspecified atom stereocenters. The summed E-state index contributed by atoms with van der Waals surface area (Å²) >= 11 is 0. The van der Waals surface area contributed by atoms with Gasteiger partial charge in [-0.05, 0) is 11.8 Å². The second kappa shape index (κ2) is 4.72. The fourth-order valence-electron chi connectivity index (χ4n) is 1.90. The van der Waals surface area contributed by atoms with Crippen LogP contribution in [0.4, 0.5) is 4.79 Å². The van der Waals surface area contributed by atoms with Crippen LogP contribution in [0.2, 0.25) is 0 Å². The minimum atomic E-state index is -0.890. The van der Waals surface area contributed by atoms with Crippen molar-refractivity contribution in [3.05, 3.63) is 0 Å². The number of ether oxygens (including phenoxy) is 1. The fraction of sp³-hybridized carbons (Fsp3) is 0.818. The van der Waals surface area contributed by atoms with Gasteiger partial charge in [-0.15, -0.1) is 0 Å². The molecule has 16 heavy (non-hydrogen) atoms. The molecule has 92 valence electrons. The minimum Gasteiger partial charge on any atom is -0.481 e. The summed E-state index contributed by atoms with van der Waals surface area (Å²) in [5, 5.41) is 8.89. The molecule has 0 radical (unpaired) electrons. The van der Waals surface area contributed by atoms with Crippen molar-refractivity contribution in [1.29, 1.82) is 0 Å². The molecule has 1 rings (SSSR count). The van der Waals surface area contributed by atoms with E-state index in [9.17, 15) is 9.59 Å². The normalized spacial score (nSPS) is 19.2. The summed E-state index contributed by atoms with van der Waals surface area (Å²) in [5.74, 6) is -0.890. The van der Waals surface area contributed by atoms with Gasteiger partial charge >= 0.3 is 12.1 Å². The van der Waals surface area contributed by atoms with Crippen LogP contribution in [0.5, 0.6) is 0 Å². The molecule has 0 spiro atoms. The van der Waals surface area contributed by atoms with E-state index in [4.69, 9.17) is 9.84 Å². The lowest BCUT2D eigenvalue weighted by atomic mass is 9.83. The lowest BCUT2D eigenvalue weighted by molar-refractivity contribution is -0.139. The average Bonchev–Trinajstić information content (AvgIpc) is 2.13. The van der Waals surface area contributed by atoms with Crippen LogP contribution in [-0.4, -0.2) is 41.3 Å². The quantitative estimate of drug-likeness (QED) is 0.800. The number of carbonyl (C=O) groups excluding carboxylic acids is 1. The predicted octanol–water partition coefficient (Wildman–Crippen LogP) is 1.72. The van der Waals surface area contributed by atoms with Crippen molar-refractivity contribution in [1.82, 2.24) is 4.90 Å². The molecule has 5 nitrogen and oxygen atoms in total. The van der Waals surface area contributed by atoms with Crippen LogP contribution in [-0.2, 0) is 9.53 Å². The number of amides is 1. The molecule has 1 aliphatic rings. The summed E-state index contributed by atoms with van der Waals surface area (Å²) in [6, 6.07) is -0.321. The molecule has 0 aromatic heterocycles. The predicted molar refractivity (Wildman–Crippen MR) is 58.2 cm³/mol. The van der Waals surface area contributed by atoms with Crippen molar-refractivity contribution in [2.75, 3.05) is 13.2 Å². The highest BCUT2D eigenvalue weighted by Crippen LogP contribution is 2.28. The molecule has 1 N–H and O–H groups in total. The van der Waals surface area contributed by atoms with Gasteiger partial charge in [-0.2, -0.15) is 0 Å². The van der Waals surface area contributed by atoms with Crippen molar-refractivity contribution in [3.63, 3.8) is 0 Å². The molecule has 5 heteroatoms. The molecule has 1 heterocycles. The van der Waals surface area contributed by atoms with E-state index in [0.29, 0.717) is 13.2 Å². The Labute approximate surface area is 95.4 Å². The van der Waals surface area contributed by atoms with Crippen LogP contribution in [0.1, 0.15) is 33.6 Å². The Kier molecular flexibility index (Phi) is 3.78. The number of carboxylic acid groups (broad SMARTS) is 1. The van der Waals surface area contributed by atoms with E-state index in [1.54, 1.807) is 0 Å². The van der Waals surface area contributed by atoms with Crippen molar-refractivity contribution >= 4 is 12.1 Å². The van der Waals surface area contributed by atoms with E-state index in [-0.39, 0.29) is 17.9 Å². The molecule has 1 atom stereocenters. The number of carboxylic acids is 1. The lowest BCUT2D eigenvalue weighted by Gasteiger charge is -2.40. The third-order valence-corrected chi connectivity index (χ3v) is 2.75. The van der Waals surface area contributed by atoms with Gasteiger partial charge in [0.2, 0.25) is 0 Å². The van der Waals surface area contributed by atoms with Gasteiger partial charge in [-0.25, -0.2) is 4.79 Å². The zero-order chi connectivity index (χ0) is 12.3. The number of cyclic esters (lactones) is 1. The number of hydrogen-bond acceptors (Lipinski definition) is 3. The summed E-state index contributed by atoms with van der Waals surface area (Å²) in [5.41, 5.74) is -0.269. The van der Waals surface area contributed by atoms with Crippen LogP contribution < -0.4 is 0 Å². The molecule has 0 aromatic rings. The largest absolute Gasteiger partial charge is 0.481 e. The van der Waals surface area contributed by atoms with Gasteiger partial charge in [-0.1, -0.05) is 20.8 Å². The molecule has 1 aliphatic heterocycles. The van der Waals surface area contributed by atoms with Gasteiger partial charge in [0.1, 0.15) is 0 Å². The second-order valence-electron chi connectivity index (χ2n) is 5.14. The average molecular weight is 229 g/mol. The molecule has 0 saturated carbocycles. The maximum Gasteiger partial charge on any atom is 0.410 e. The number of rotatable bonds is 3. The maximum absolute atomic E-state index is 11.6. The third-order valence-electron chi connectivity index (χ3n) is 2.75. The summed E-state index contributed by atoms with van der Waals surface area (Å²) in [7, 11) is 0. The van der Waals surface area contributed by atoms with Gasteiger partial charge in [0.25, 0.3) is 0 Å². The topological polar surface area (TPSA) is 66.8 Å². The zero-order valence-electron chi connectivity index (χ0n) is 10.0. The second-order valence-corrected chi connectivity index (χ2v) is 5.14. The maximum atomic E-state index is 11.6. The number of nitrogens with zero attached hydrogens (tertiary/aromatic N) is 1. The van der Waals surface area contributed by atoms with E-state index in [2.05, 4.69) is 0 Å². The number of hydrogen-bond donors (Lipinski definition) is 1. The Morgan fingerprint density at radius 3 is 2.62 bits per heavy atom.